The molecular weight excluding hydrogens is 236 g/mol. The van der Waals surface area contributed by atoms with Gasteiger partial charge in [0, 0.05) is 11.4 Å². The molecule has 0 spiro atoms. The van der Waals surface area contributed by atoms with Crippen LogP contribution in [0.5, 0.6) is 0 Å². The predicted molar refractivity (Wildman–Crippen MR) is 67.7 cm³/mol. The highest BCUT2D eigenvalue weighted by molar-refractivity contribution is 7.99. The molecule has 0 radical (unpaired) electrons. The Bertz CT molecular complexity index is 482. The summed E-state index contributed by atoms with van der Waals surface area (Å²) in [6, 6.07) is 7.20. The van der Waals surface area contributed by atoms with Crippen molar-refractivity contribution in [1.29, 1.82) is 0 Å². The number of hydrogen-bond donors (Lipinski definition) is 3. The van der Waals surface area contributed by atoms with Crippen LogP contribution in [0.2, 0.25) is 0 Å². The summed E-state index contributed by atoms with van der Waals surface area (Å²) in [6.45, 7) is 1.84. The van der Waals surface area contributed by atoms with E-state index in [1.807, 2.05) is 19.1 Å². The van der Waals surface area contributed by atoms with Gasteiger partial charge in [0.2, 0.25) is 5.16 Å². The summed E-state index contributed by atoms with van der Waals surface area (Å²) in [6.07, 6.45) is -0.542. The van der Waals surface area contributed by atoms with E-state index < -0.39 is 6.10 Å². The highest BCUT2D eigenvalue weighted by Crippen LogP contribution is 2.22. The van der Waals surface area contributed by atoms with Gasteiger partial charge in [0.05, 0.1) is 6.10 Å². The van der Waals surface area contributed by atoms with Crippen LogP contribution in [-0.2, 0) is 0 Å². The van der Waals surface area contributed by atoms with Crippen molar-refractivity contribution in [3.63, 3.8) is 0 Å². The van der Waals surface area contributed by atoms with Gasteiger partial charge >= 0.3 is 0 Å². The van der Waals surface area contributed by atoms with Crippen molar-refractivity contribution in [2.24, 2.45) is 0 Å². The molecule has 5 nitrogen and oxygen atoms in total. The third kappa shape index (κ3) is 3.21. The summed E-state index contributed by atoms with van der Waals surface area (Å²) in [5, 5.41) is 17.4. The normalized spacial score (nSPS) is 12.6. The molecule has 1 atom stereocenters. The minimum Gasteiger partial charge on any atom is -0.399 e. The Morgan fingerprint density at radius 3 is 2.71 bits per heavy atom. The second kappa shape index (κ2) is 5.20. The average molecular weight is 250 g/mol. The first-order valence-corrected chi connectivity index (χ1v) is 6.19. The number of H-pyrrole nitrogens is 1. The number of nitrogen functional groups attached to an aromatic ring is 1. The number of nitrogens with one attached hydrogen (secondary N) is 1. The fraction of sp³-hybridized carbons (Fsp3) is 0.273. The summed E-state index contributed by atoms with van der Waals surface area (Å²) in [7, 11) is 0. The molecular formula is C11H14N4OS. The molecule has 0 bridgehead atoms. The second-order valence-electron chi connectivity index (χ2n) is 3.70. The maximum Gasteiger partial charge on any atom is 0.208 e. The lowest BCUT2D eigenvalue weighted by molar-refractivity contribution is 0.204. The molecule has 2 rings (SSSR count). The van der Waals surface area contributed by atoms with Gasteiger partial charge in [-0.15, -0.1) is 5.10 Å². The van der Waals surface area contributed by atoms with Crippen molar-refractivity contribution < 1.29 is 5.11 Å². The minimum absolute atomic E-state index is 0.515. The van der Waals surface area contributed by atoms with Crippen LogP contribution in [0.4, 0.5) is 5.69 Å². The number of hydrogen-bond acceptors (Lipinski definition) is 5. The van der Waals surface area contributed by atoms with Gasteiger partial charge in [0.25, 0.3) is 0 Å². The summed E-state index contributed by atoms with van der Waals surface area (Å²) < 4.78 is 0. The van der Waals surface area contributed by atoms with Crippen molar-refractivity contribution in [2.45, 2.75) is 18.2 Å². The molecule has 4 N–H and O–H groups in total. The molecule has 1 unspecified atom stereocenters. The van der Waals surface area contributed by atoms with E-state index in [2.05, 4.69) is 15.2 Å². The van der Waals surface area contributed by atoms with E-state index in [1.54, 1.807) is 12.1 Å². The molecule has 2 aromatic rings. The molecule has 17 heavy (non-hydrogen) atoms. The van der Waals surface area contributed by atoms with Crippen molar-refractivity contribution >= 4 is 17.4 Å². The van der Waals surface area contributed by atoms with Crippen LogP contribution in [0.25, 0.3) is 0 Å². The van der Waals surface area contributed by atoms with Crippen molar-refractivity contribution in [2.75, 3.05) is 11.5 Å². The smallest absolute Gasteiger partial charge is 0.208 e. The van der Waals surface area contributed by atoms with Crippen LogP contribution in [0.1, 0.15) is 17.5 Å². The molecule has 1 heterocycles. The summed E-state index contributed by atoms with van der Waals surface area (Å²) >= 11 is 1.41. The van der Waals surface area contributed by atoms with Gasteiger partial charge in [-0.05, 0) is 24.6 Å². The maximum atomic E-state index is 9.95. The molecule has 0 aliphatic carbocycles. The standard InChI is InChI=1S/C11H14N4OS/c1-7-13-11(15-14-7)17-6-10(16)8-2-4-9(12)5-3-8/h2-5,10,16H,6,12H2,1H3,(H,13,14,15). The Morgan fingerprint density at radius 2 is 2.12 bits per heavy atom. The number of aliphatic hydroxyl groups excluding tert-OH is 1. The van der Waals surface area contributed by atoms with Crippen LogP contribution in [0.15, 0.2) is 29.4 Å². The number of anilines is 1. The van der Waals surface area contributed by atoms with Crippen molar-refractivity contribution in [1.82, 2.24) is 15.2 Å². The highest BCUT2D eigenvalue weighted by Gasteiger charge is 2.09. The minimum atomic E-state index is -0.542. The summed E-state index contributed by atoms with van der Waals surface area (Å²) in [4.78, 5) is 4.16. The summed E-state index contributed by atoms with van der Waals surface area (Å²) in [5.41, 5.74) is 7.12. The molecule has 0 fully saturated rings. The first-order valence-electron chi connectivity index (χ1n) is 5.20. The zero-order chi connectivity index (χ0) is 12.3. The fourth-order valence-corrected chi connectivity index (χ4v) is 2.17. The third-order valence-electron chi connectivity index (χ3n) is 2.27. The molecule has 6 heteroatoms. The Hall–Kier alpha value is -1.53. The Morgan fingerprint density at radius 1 is 1.41 bits per heavy atom. The summed E-state index contributed by atoms with van der Waals surface area (Å²) in [5.74, 6) is 1.29. The number of thioether (sulfide) groups is 1. The number of aliphatic hydroxyl groups is 1. The Labute approximate surface area is 103 Å². The van der Waals surface area contributed by atoms with Crippen LogP contribution >= 0.6 is 11.8 Å². The number of aromatic nitrogens is 3. The number of aryl methyl sites for hydroxylation is 1. The Kier molecular flexibility index (Phi) is 3.65. The van der Waals surface area contributed by atoms with E-state index in [0.717, 1.165) is 11.4 Å². The molecule has 0 aliphatic heterocycles. The molecule has 0 saturated carbocycles. The lowest BCUT2D eigenvalue weighted by Crippen LogP contribution is -2.01. The SMILES string of the molecule is Cc1nc(SCC(O)c2ccc(N)cc2)n[nH]1. The first-order chi connectivity index (χ1) is 8.15. The van der Waals surface area contributed by atoms with E-state index in [4.69, 9.17) is 5.73 Å². The second-order valence-corrected chi connectivity index (χ2v) is 4.68. The zero-order valence-corrected chi connectivity index (χ0v) is 10.2. The number of benzene rings is 1. The van der Waals surface area contributed by atoms with Gasteiger partial charge in [-0.3, -0.25) is 5.10 Å². The van der Waals surface area contributed by atoms with Gasteiger partial charge < -0.3 is 10.8 Å². The van der Waals surface area contributed by atoms with E-state index in [9.17, 15) is 5.11 Å². The van der Waals surface area contributed by atoms with E-state index in [0.29, 0.717) is 16.6 Å². The lowest BCUT2D eigenvalue weighted by atomic mass is 10.1. The maximum absolute atomic E-state index is 9.95. The van der Waals surface area contributed by atoms with E-state index in [1.165, 1.54) is 11.8 Å². The fourth-order valence-electron chi connectivity index (χ4n) is 1.35. The number of nitrogens with zero attached hydrogens (tertiary/aromatic N) is 2. The topological polar surface area (TPSA) is 87.8 Å². The molecule has 0 saturated heterocycles. The van der Waals surface area contributed by atoms with Gasteiger partial charge in [-0.2, -0.15) is 0 Å². The molecule has 0 aliphatic rings. The van der Waals surface area contributed by atoms with Gasteiger partial charge in [0.15, 0.2) is 0 Å². The first kappa shape index (κ1) is 11.9. The average Bonchev–Trinajstić information content (AvgIpc) is 2.73. The van der Waals surface area contributed by atoms with Crippen LogP contribution in [0.3, 0.4) is 0 Å². The van der Waals surface area contributed by atoms with Gasteiger partial charge in [-0.1, -0.05) is 23.9 Å². The molecule has 0 amide bonds. The lowest BCUT2D eigenvalue weighted by Gasteiger charge is -2.09. The Balaban J connectivity index is 1.93. The molecule has 1 aromatic carbocycles. The quantitative estimate of drug-likeness (QED) is 0.565. The van der Waals surface area contributed by atoms with Crippen LogP contribution in [0, 0.1) is 6.92 Å². The third-order valence-corrected chi connectivity index (χ3v) is 3.19. The van der Waals surface area contributed by atoms with Gasteiger partial charge in [0.1, 0.15) is 5.82 Å². The monoisotopic (exact) mass is 250 g/mol. The van der Waals surface area contributed by atoms with Crippen LogP contribution in [-0.4, -0.2) is 26.0 Å². The number of aromatic amines is 1. The van der Waals surface area contributed by atoms with E-state index >= 15 is 0 Å². The predicted octanol–water partition coefficient (Wildman–Crippen LogP) is 1.52. The van der Waals surface area contributed by atoms with Crippen molar-refractivity contribution in [3.8, 4) is 0 Å². The molecule has 90 valence electrons. The van der Waals surface area contributed by atoms with Gasteiger partial charge in [-0.25, -0.2) is 4.98 Å². The molecule has 1 aromatic heterocycles. The largest absolute Gasteiger partial charge is 0.399 e. The van der Waals surface area contributed by atoms with Crippen molar-refractivity contribution in [3.05, 3.63) is 35.7 Å². The van der Waals surface area contributed by atoms with E-state index in [-0.39, 0.29) is 0 Å². The highest BCUT2D eigenvalue weighted by atomic mass is 32.2. The van der Waals surface area contributed by atoms with Crippen LogP contribution < -0.4 is 5.73 Å². The number of nitrogens with two attached hydrogens (primary N) is 1. The number of rotatable bonds is 4. The zero-order valence-electron chi connectivity index (χ0n) is 9.42.